The minimum atomic E-state index is 0.0412. The van der Waals surface area contributed by atoms with Gasteiger partial charge < -0.3 is 9.80 Å². The van der Waals surface area contributed by atoms with Gasteiger partial charge in [0.25, 0.3) is 5.91 Å². The molecule has 1 fully saturated rings. The number of carbonyl (C=O) groups excluding carboxylic acids is 1. The second kappa shape index (κ2) is 8.36. The molecule has 0 spiro atoms. The Kier molecular flexibility index (Phi) is 5.26. The van der Waals surface area contributed by atoms with Crippen LogP contribution in [-0.4, -0.2) is 47.0 Å². The first-order valence-electron chi connectivity index (χ1n) is 10.3. The quantitative estimate of drug-likeness (QED) is 0.465. The Labute approximate surface area is 185 Å². The largest absolute Gasteiger partial charge is 0.353 e. The lowest BCUT2D eigenvalue weighted by Gasteiger charge is -2.35. The average Bonchev–Trinajstić information content (AvgIpc) is 2.84. The topological polar surface area (TPSA) is 49.3 Å². The molecular weight excluding hydrogens is 408 g/mol. The van der Waals surface area contributed by atoms with E-state index >= 15 is 0 Å². The zero-order valence-electron chi connectivity index (χ0n) is 16.9. The van der Waals surface area contributed by atoms with Crippen LogP contribution in [0.25, 0.3) is 22.2 Å². The smallest absolute Gasteiger partial charge is 0.254 e. The van der Waals surface area contributed by atoms with Crippen molar-refractivity contribution in [3.8, 4) is 11.3 Å². The third kappa shape index (κ3) is 3.97. The fraction of sp³-hybridized carbons (Fsp3) is 0.160. The Bertz CT molecular complexity index is 1220. The summed E-state index contributed by atoms with van der Waals surface area (Å²) in [7, 11) is 0. The number of hydrogen-bond donors (Lipinski definition) is 0. The van der Waals surface area contributed by atoms with Gasteiger partial charge in [-0.2, -0.15) is 0 Å². The summed E-state index contributed by atoms with van der Waals surface area (Å²) in [6, 6.07) is 23.5. The second-order valence-corrected chi connectivity index (χ2v) is 7.99. The number of hydrogen-bond acceptors (Lipinski definition) is 4. The highest BCUT2D eigenvalue weighted by Crippen LogP contribution is 2.26. The first-order valence-corrected chi connectivity index (χ1v) is 10.7. The van der Waals surface area contributed by atoms with E-state index in [2.05, 4.69) is 9.88 Å². The molecule has 3 heterocycles. The zero-order valence-corrected chi connectivity index (χ0v) is 17.7. The Morgan fingerprint density at radius 1 is 0.871 bits per heavy atom. The fourth-order valence-corrected chi connectivity index (χ4v) is 4.08. The van der Waals surface area contributed by atoms with Crippen molar-refractivity contribution in [2.45, 2.75) is 0 Å². The molecule has 5 rings (SSSR count). The van der Waals surface area contributed by atoms with Crippen LogP contribution in [-0.2, 0) is 0 Å². The van der Waals surface area contributed by atoms with E-state index in [1.807, 2.05) is 77.7 Å². The van der Waals surface area contributed by atoms with Crippen LogP contribution in [0.4, 0.5) is 5.82 Å². The summed E-state index contributed by atoms with van der Waals surface area (Å²) in [4.78, 5) is 26.8. The highest BCUT2D eigenvalue weighted by molar-refractivity contribution is 6.30. The lowest BCUT2D eigenvalue weighted by atomic mass is 10.0. The molecule has 2 aromatic carbocycles. The van der Waals surface area contributed by atoms with Gasteiger partial charge in [0.05, 0.1) is 21.8 Å². The minimum Gasteiger partial charge on any atom is -0.353 e. The second-order valence-electron chi connectivity index (χ2n) is 7.55. The Balaban J connectivity index is 1.43. The number of anilines is 1. The number of aromatic nitrogens is 2. The van der Waals surface area contributed by atoms with Gasteiger partial charge in [-0.3, -0.25) is 4.79 Å². The first-order chi connectivity index (χ1) is 15.2. The molecule has 1 saturated heterocycles. The summed E-state index contributed by atoms with van der Waals surface area (Å²) in [6.07, 6.45) is 1.66. The standard InChI is InChI=1S/C25H21ClN4O/c26-19-10-11-24(27-17-19)29-12-14-30(15-13-29)25(31)21-16-23(18-6-2-1-3-7-18)28-22-9-5-4-8-20(21)22/h1-11,16-17H,12-15H2. The van der Waals surface area contributed by atoms with Crippen LogP contribution in [0.5, 0.6) is 0 Å². The average molecular weight is 429 g/mol. The van der Waals surface area contributed by atoms with E-state index in [1.165, 1.54) is 0 Å². The molecule has 1 aliphatic rings. The normalized spacial score (nSPS) is 14.1. The summed E-state index contributed by atoms with van der Waals surface area (Å²) in [5.41, 5.74) is 3.34. The van der Waals surface area contributed by atoms with E-state index in [0.717, 1.165) is 41.1 Å². The van der Waals surface area contributed by atoms with Gasteiger partial charge in [-0.15, -0.1) is 0 Å². The van der Waals surface area contributed by atoms with Crippen molar-refractivity contribution in [2.75, 3.05) is 31.1 Å². The molecule has 0 bridgehead atoms. The van der Waals surface area contributed by atoms with Gasteiger partial charge in [-0.05, 0) is 24.3 Å². The van der Waals surface area contributed by atoms with Gasteiger partial charge in [0, 0.05) is 43.3 Å². The summed E-state index contributed by atoms with van der Waals surface area (Å²) in [6.45, 7) is 2.74. The lowest BCUT2D eigenvalue weighted by Crippen LogP contribution is -2.49. The van der Waals surface area contributed by atoms with E-state index in [0.29, 0.717) is 23.7 Å². The van der Waals surface area contributed by atoms with E-state index < -0.39 is 0 Å². The number of nitrogens with zero attached hydrogens (tertiary/aromatic N) is 4. The number of rotatable bonds is 3. The predicted octanol–water partition coefficient (Wildman–Crippen LogP) is 4.91. The van der Waals surface area contributed by atoms with Crippen molar-refractivity contribution in [3.05, 3.63) is 89.6 Å². The fourth-order valence-electron chi connectivity index (χ4n) is 3.97. The molecule has 5 nitrogen and oxygen atoms in total. The molecule has 6 heteroatoms. The van der Waals surface area contributed by atoms with Crippen LogP contribution >= 0.6 is 11.6 Å². The molecule has 0 radical (unpaired) electrons. The molecule has 0 unspecified atom stereocenters. The first kappa shape index (κ1) is 19.5. The van der Waals surface area contributed by atoms with Crippen LogP contribution in [0.15, 0.2) is 79.0 Å². The summed E-state index contributed by atoms with van der Waals surface area (Å²) < 4.78 is 0. The van der Waals surface area contributed by atoms with Crippen LogP contribution in [0, 0.1) is 0 Å². The van der Waals surface area contributed by atoms with Crippen molar-refractivity contribution >= 4 is 34.2 Å². The van der Waals surface area contributed by atoms with Gasteiger partial charge in [-0.1, -0.05) is 60.1 Å². The van der Waals surface area contributed by atoms with Crippen molar-refractivity contribution in [1.29, 1.82) is 0 Å². The van der Waals surface area contributed by atoms with E-state index in [1.54, 1.807) is 6.20 Å². The molecule has 4 aromatic rings. The number of carbonyl (C=O) groups is 1. The maximum atomic E-state index is 13.5. The number of piperazine rings is 1. The molecule has 154 valence electrons. The molecule has 0 saturated carbocycles. The number of para-hydroxylation sites is 1. The Hall–Kier alpha value is -3.44. The molecule has 0 atom stereocenters. The SMILES string of the molecule is O=C(c1cc(-c2ccccc2)nc2ccccc12)N1CCN(c2ccc(Cl)cn2)CC1. The van der Waals surface area contributed by atoms with Gasteiger partial charge in [0.15, 0.2) is 0 Å². The number of amides is 1. The Morgan fingerprint density at radius 3 is 2.35 bits per heavy atom. The van der Waals surface area contributed by atoms with Crippen molar-refractivity contribution in [1.82, 2.24) is 14.9 Å². The molecule has 0 aliphatic carbocycles. The van der Waals surface area contributed by atoms with Gasteiger partial charge in [-0.25, -0.2) is 9.97 Å². The predicted molar refractivity (Wildman–Crippen MR) is 125 cm³/mol. The number of fused-ring (bicyclic) bond motifs is 1. The maximum absolute atomic E-state index is 13.5. The van der Waals surface area contributed by atoms with Crippen LogP contribution in [0.2, 0.25) is 5.02 Å². The van der Waals surface area contributed by atoms with Crippen LogP contribution in [0.1, 0.15) is 10.4 Å². The Morgan fingerprint density at radius 2 is 1.61 bits per heavy atom. The van der Waals surface area contributed by atoms with Crippen LogP contribution < -0.4 is 4.90 Å². The molecule has 2 aromatic heterocycles. The highest BCUT2D eigenvalue weighted by Gasteiger charge is 2.25. The van der Waals surface area contributed by atoms with Gasteiger partial charge in [0.2, 0.25) is 0 Å². The number of halogens is 1. The van der Waals surface area contributed by atoms with Gasteiger partial charge in [0.1, 0.15) is 5.82 Å². The molecule has 31 heavy (non-hydrogen) atoms. The third-order valence-corrected chi connectivity index (χ3v) is 5.84. The maximum Gasteiger partial charge on any atom is 0.254 e. The van der Waals surface area contributed by atoms with Crippen molar-refractivity contribution in [3.63, 3.8) is 0 Å². The van der Waals surface area contributed by atoms with Crippen LogP contribution in [0.3, 0.4) is 0 Å². The summed E-state index contributed by atoms with van der Waals surface area (Å²) in [5.74, 6) is 0.928. The number of pyridine rings is 2. The number of benzene rings is 2. The highest BCUT2D eigenvalue weighted by atomic mass is 35.5. The van der Waals surface area contributed by atoms with Crippen molar-refractivity contribution < 1.29 is 4.79 Å². The van der Waals surface area contributed by atoms with E-state index in [-0.39, 0.29) is 5.91 Å². The molecule has 0 N–H and O–H groups in total. The van der Waals surface area contributed by atoms with Gasteiger partial charge >= 0.3 is 0 Å². The van der Waals surface area contributed by atoms with E-state index in [4.69, 9.17) is 16.6 Å². The molecule has 1 aliphatic heterocycles. The van der Waals surface area contributed by atoms with E-state index in [9.17, 15) is 4.79 Å². The summed E-state index contributed by atoms with van der Waals surface area (Å²) >= 11 is 5.95. The monoisotopic (exact) mass is 428 g/mol. The third-order valence-electron chi connectivity index (χ3n) is 5.62. The van der Waals surface area contributed by atoms with Crippen molar-refractivity contribution in [2.24, 2.45) is 0 Å². The minimum absolute atomic E-state index is 0.0412. The lowest BCUT2D eigenvalue weighted by molar-refractivity contribution is 0.0748. The summed E-state index contributed by atoms with van der Waals surface area (Å²) in [5, 5.41) is 1.50. The zero-order chi connectivity index (χ0) is 21.2. The molecule has 1 amide bonds. The molecular formula is C25H21ClN4O.